The Morgan fingerprint density at radius 1 is 1.10 bits per heavy atom. The molecular weight excluding hydrogens is 392 g/mol. The molecule has 178 valence electrons. The monoisotopic (exact) mass is 436 g/mol. The topological polar surface area (TPSA) is 73.0 Å². The highest BCUT2D eigenvalue weighted by Gasteiger charge is 2.32. The molecule has 1 N–H and O–H groups in total. The van der Waals surface area contributed by atoms with Crippen LogP contribution in [0.1, 0.15) is 66.7 Å². The molecule has 0 saturated carbocycles. The van der Waals surface area contributed by atoms with Gasteiger partial charge in [-0.25, -0.2) is 0 Å². The van der Waals surface area contributed by atoms with E-state index in [1.165, 1.54) is 6.42 Å². The number of likely N-dealkylation sites (N-methyl/N-ethyl adjacent to an activating group) is 2. The fourth-order valence-electron chi connectivity index (χ4n) is 3.63. The summed E-state index contributed by atoms with van der Waals surface area (Å²) in [7, 11) is 3.68. The Labute approximate surface area is 189 Å². The third-order valence-electron chi connectivity index (χ3n) is 5.83. The van der Waals surface area contributed by atoms with E-state index in [1.807, 2.05) is 25.8 Å². The van der Waals surface area contributed by atoms with E-state index in [0.717, 1.165) is 45.3 Å². The molecule has 2 unspecified atom stereocenters. The molecule has 2 heterocycles. The molecule has 2 aliphatic rings. The van der Waals surface area contributed by atoms with Crippen LogP contribution in [0.4, 0.5) is 0 Å². The van der Waals surface area contributed by atoms with Crippen molar-refractivity contribution in [1.82, 2.24) is 20.0 Å². The molecule has 2 aliphatic heterocycles. The number of carbonyl (C=O) groups is 3. The Balaban J connectivity index is 0.00000151. The predicted octanol–water partition coefficient (Wildman–Crippen LogP) is 2.66. The fraction of sp³-hybridized carbons (Fsp3) is 0.792. The van der Waals surface area contributed by atoms with Gasteiger partial charge in [-0.05, 0) is 45.7 Å². The third-order valence-corrected chi connectivity index (χ3v) is 5.83. The molecule has 7 nitrogen and oxygen atoms in total. The van der Waals surface area contributed by atoms with Gasteiger partial charge in [0.1, 0.15) is 6.04 Å². The predicted molar refractivity (Wildman–Crippen MR) is 126 cm³/mol. The molecule has 0 aromatic carbocycles. The fourth-order valence-corrected chi connectivity index (χ4v) is 3.63. The zero-order chi connectivity index (χ0) is 23.6. The highest BCUT2D eigenvalue weighted by atomic mass is 16.2. The second-order valence-corrected chi connectivity index (χ2v) is 9.18. The Morgan fingerprint density at radius 3 is 2.19 bits per heavy atom. The standard InChI is InChI=1S/C21H36N4O3.C3H8/c1-15(2)18(22-19(26)17-9-6-7-11-23(17)4)21(28)24(5)14-10-16(3)20(27)25-12-8-13-25;1-3-2/h10,15,17-18H,6-9,11-14H2,1-5H3,(H,22,26);3H2,1-2H3/b16-10+;. The van der Waals surface area contributed by atoms with Crippen LogP contribution in [0.25, 0.3) is 0 Å². The average molecular weight is 437 g/mol. The quantitative estimate of drug-likeness (QED) is 0.623. The molecule has 0 aliphatic carbocycles. The van der Waals surface area contributed by atoms with E-state index in [2.05, 4.69) is 24.1 Å². The van der Waals surface area contributed by atoms with Gasteiger partial charge in [0, 0.05) is 32.3 Å². The Kier molecular flexibility index (Phi) is 11.8. The Bertz CT molecular complexity index is 628. The first-order valence-electron chi connectivity index (χ1n) is 11.9. The Hall–Kier alpha value is -1.89. The first-order chi connectivity index (χ1) is 14.6. The number of hydrogen-bond donors (Lipinski definition) is 1. The van der Waals surface area contributed by atoms with Gasteiger partial charge in [-0.3, -0.25) is 19.3 Å². The van der Waals surface area contributed by atoms with Crippen molar-refractivity contribution in [1.29, 1.82) is 0 Å². The van der Waals surface area contributed by atoms with Gasteiger partial charge in [0.2, 0.25) is 17.7 Å². The van der Waals surface area contributed by atoms with Crippen molar-refractivity contribution in [3.05, 3.63) is 11.6 Å². The van der Waals surface area contributed by atoms with Gasteiger partial charge in [0.15, 0.2) is 0 Å². The lowest BCUT2D eigenvalue weighted by Crippen LogP contribution is -2.56. The molecule has 31 heavy (non-hydrogen) atoms. The zero-order valence-corrected chi connectivity index (χ0v) is 20.7. The van der Waals surface area contributed by atoms with Crippen LogP contribution < -0.4 is 5.32 Å². The molecule has 0 aromatic rings. The highest BCUT2D eigenvalue weighted by Crippen LogP contribution is 2.16. The van der Waals surface area contributed by atoms with Crippen molar-refractivity contribution in [3.8, 4) is 0 Å². The number of hydrogen-bond acceptors (Lipinski definition) is 4. The lowest BCUT2D eigenvalue weighted by molar-refractivity contribution is -0.138. The molecule has 7 heteroatoms. The highest BCUT2D eigenvalue weighted by molar-refractivity contribution is 5.93. The van der Waals surface area contributed by atoms with Gasteiger partial charge >= 0.3 is 0 Å². The molecule has 2 rings (SSSR count). The minimum atomic E-state index is -0.562. The van der Waals surface area contributed by atoms with Crippen molar-refractivity contribution in [2.75, 3.05) is 40.3 Å². The number of piperidine rings is 1. The van der Waals surface area contributed by atoms with Crippen molar-refractivity contribution in [2.24, 2.45) is 5.92 Å². The average Bonchev–Trinajstić information content (AvgIpc) is 2.68. The minimum Gasteiger partial charge on any atom is -0.343 e. The first-order valence-corrected chi connectivity index (χ1v) is 11.9. The molecule has 3 amide bonds. The van der Waals surface area contributed by atoms with Gasteiger partial charge in [0.25, 0.3) is 0 Å². The number of nitrogens with zero attached hydrogens (tertiary/aromatic N) is 3. The largest absolute Gasteiger partial charge is 0.343 e. The van der Waals surface area contributed by atoms with E-state index in [9.17, 15) is 14.4 Å². The second-order valence-electron chi connectivity index (χ2n) is 9.18. The normalized spacial score (nSPS) is 20.3. The van der Waals surface area contributed by atoms with Crippen LogP contribution in [0.3, 0.4) is 0 Å². The van der Waals surface area contributed by atoms with Crippen LogP contribution in [-0.4, -0.2) is 84.8 Å². The summed E-state index contributed by atoms with van der Waals surface area (Å²) in [4.78, 5) is 43.3. The number of carbonyl (C=O) groups excluding carboxylic acids is 3. The van der Waals surface area contributed by atoms with Crippen LogP contribution in [-0.2, 0) is 14.4 Å². The van der Waals surface area contributed by atoms with Gasteiger partial charge in [-0.2, -0.15) is 0 Å². The second kappa shape index (κ2) is 13.5. The summed E-state index contributed by atoms with van der Waals surface area (Å²) < 4.78 is 0. The summed E-state index contributed by atoms with van der Waals surface area (Å²) >= 11 is 0. The lowest BCUT2D eigenvalue weighted by atomic mass is 9.99. The smallest absolute Gasteiger partial charge is 0.249 e. The van der Waals surface area contributed by atoms with Gasteiger partial charge in [0.05, 0.1) is 6.04 Å². The van der Waals surface area contributed by atoms with Gasteiger partial charge in [-0.1, -0.05) is 46.6 Å². The van der Waals surface area contributed by atoms with Crippen molar-refractivity contribution >= 4 is 17.7 Å². The van der Waals surface area contributed by atoms with Crippen LogP contribution >= 0.6 is 0 Å². The van der Waals surface area contributed by atoms with E-state index < -0.39 is 6.04 Å². The van der Waals surface area contributed by atoms with E-state index in [1.54, 1.807) is 24.9 Å². The van der Waals surface area contributed by atoms with E-state index in [0.29, 0.717) is 12.1 Å². The van der Waals surface area contributed by atoms with Gasteiger partial charge in [-0.15, -0.1) is 0 Å². The summed E-state index contributed by atoms with van der Waals surface area (Å²) in [5, 5.41) is 2.98. The third kappa shape index (κ3) is 8.28. The summed E-state index contributed by atoms with van der Waals surface area (Å²) in [5.41, 5.74) is 0.660. The zero-order valence-electron chi connectivity index (χ0n) is 20.7. The maximum Gasteiger partial charge on any atom is 0.249 e. The molecule has 2 saturated heterocycles. The van der Waals surface area contributed by atoms with Gasteiger partial charge < -0.3 is 15.1 Å². The SMILES string of the molecule is C/C(=C\CN(C)C(=O)C(NC(=O)C1CCCCN1C)C(C)C)C(=O)N1CCC1.CCC. The molecule has 0 radical (unpaired) electrons. The molecule has 2 atom stereocenters. The van der Waals surface area contributed by atoms with Crippen LogP contribution in [0.2, 0.25) is 0 Å². The van der Waals surface area contributed by atoms with E-state index in [-0.39, 0.29) is 29.7 Å². The molecule has 0 bridgehead atoms. The van der Waals surface area contributed by atoms with E-state index >= 15 is 0 Å². The molecule has 0 spiro atoms. The van der Waals surface area contributed by atoms with Crippen molar-refractivity contribution in [2.45, 2.75) is 78.8 Å². The Morgan fingerprint density at radius 2 is 1.71 bits per heavy atom. The van der Waals surface area contributed by atoms with Crippen molar-refractivity contribution < 1.29 is 14.4 Å². The summed E-state index contributed by atoms with van der Waals surface area (Å²) in [5.74, 6) is -0.161. The number of rotatable bonds is 7. The van der Waals surface area contributed by atoms with Crippen molar-refractivity contribution in [3.63, 3.8) is 0 Å². The van der Waals surface area contributed by atoms with Crippen LogP contribution in [0.5, 0.6) is 0 Å². The minimum absolute atomic E-state index is 0.0133. The number of likely N-dealkylation sites (tertiary alicyclic amines) is 2. The molecule has 0 aromatic heterocycles. The maximum absolute atomic E-state index is 12.9. The molecule has 2 fully saturated rings. The lowest BCUT2D eigenvalue weighted by Gasteiger charge is -2.34. The molecular formula is C24H44N4O3. The van der Waals surface area contributed by atoms with E-state index in [4.69, 9.17) is 0 Å². The number of amides is 3. The summed E-state index contributed by atoms with van der Waals surface area (Å²) in [6, 6.07) is -0.725. The maximum atomic E-state index is 12.9. The van der Waals surface area contributed by atoms with Crippen LogP contribution in [0, 0.1) is 5.92 Å². The number of nitrogens with one attached hydrogen (secondary N) is 1. The van der Waals surface area contributed by atoms with Crippen LogP contribution in [0.15, 0.2) is 11.6 Å². The summed E-state index contributed by atoms with van der Waals surface area (Å²) in [6.07, 6.45) is 7.09. The first kappa shape index (κ1) is 27.1. The summed E-state index contributed by atoms with van der Waals surface area (Å²) in [6.45, 7) is 12.8.